The van der Waals surface area contributed by atoms with Crippen LogP contribution < -0.4 is 15.6 Å². The average molecular weight is 449 g/mol. The number of aromatic nitrogens is 2. The lowest BCUT2D eigenvalue weighted by molar-refractivity contribution is -0.290. The zero-order valence-electron chi connectivity index (χ0n) is 15.6. The van der Waals surface area contributed by atoms with Crippen molar-refractivity contribution in [2.75, 3.05) is 17.7 Å². The molecule has 1 aliphatic rings. The summed E-state index contributed by atoms with van der Waals surface area (Å²) >= 11 is 1.29. The summed E-state index contributed by atoms with van der Waals surface area (Å²) in [5.41, 5.74) is 0.0448. The summed E-state index contributed by atoms with van der Waals surface area (Å²) in [6.07, 6.45) is -5.04. The highest BCUT2D eigenvalue weighted by atomic mass is 32.2. The van der Waals surface area contributed by atoms with Crippen LogP contribution in [0.1, 0.15) is 18.9 Å². The number of hydrogen-bond donors (Lipinski definition) is 1. The highest BCUT2D eigenvalue weighted by molar-refractivity contribution is 7.99. The Balaban J connectivity index is 1.90. The van der Waals surface area contributed by atoms with E-state index in [4.69, 9.17) is 0 Å². The van der Waals surface area contributed by atoms with Crippen LogP contribution in [0.5, 0.6) is 5.75 Å². The Labute approximate surface area is 171 Å². The molecule has 1 aliphatic heterocycles. The van der Waals surface area contributed by atoms with E-state index in [2.05, 4.69) is 15.0 Å². The Kier molecular flexibility index (Phi) is 6.06. The Morgan fingerprint density at radius 3 is 2.43 bits per heavy atom. The molecule has 3 rings (SSSR count). The summed E-state index contributed by atoms with van der Waals surface area (Å²) in [7, 11) is 0. The van der Waals surface area contributed by atoms with Gasteiger partial charge < -0.3 is 10.1 Å². The van der Waals surface area contributed by atoms with Gasteiger partial charge in [-0.25, -0.2) is 4.98 Å². The van der Waals surface area contributed by atoms with Crippen molar-refractivity contribution < 1.29 is 31.5 Å². The van der Waals surface area contributed by atoms with Crippen LogP contribution in [0.25, 0.3) is 5.69 Å². The van der Waals surface area contributed by atoms with E-state index in [9.17, 15) is 31.5 Å². The highest BCUT2D eigenvalue weighted by Gasteiger charge is 2.58. The number of alkyl halides is 5. The molecule has 1 N–H and O–H groups in total. The molecule has 0 unspecified atom stereocenters. The molecule has 0 spiro atoms. The van der Waals surface area contributed by atoms with Gasteiger partial charge in [0, 0.05) is 5.75 Å². The van der Waals surface area contributed by atoms with Gasteiger partial charge in [-0.15, -0.1) is 0 Å². The fraction of sp³-hybridized carbons (Fsp3) is 0.389. The third-order valence-corrected chi connectivity index (χ3v) is 5.25. The number of nitrogens with one attached hydrogen (secondary N) is 1. The molecule has 0 saturated carbocycles. The first-order valence-corrected chi connectivity index (χ1v) is 9.78. The van der Waals surface area contributed by atoms with Gasteiger partial charge in [0.05, 0.1) is 17.7 Å². The van der Waals surface area contributed by atoms with Gasteiger partial charge in [-0.1, -0.05) is 18.7 Å². The molecule has 0 radical (unpaired) electrons. The number of carbonyl (C=O) groups excluding carboxylic acids is 1. The Morgan fingerprint density at radius 2 is 1.83 bits per heavy atom. The zero-order chi connectivity index (χ0) is 22.1. The summed E-state index contributed by atoms with van der Waals surface area (Å²) in [4.78, 5) is 28.9. The second-order valence-corrected chi connectivity index (χ2v) is 7.48. The highest BCUT2D eigenvalue weighted by Crippen LogP contribution is 2.36. The van der Waals surface area contributed by atoms with Crippen molar-refractivity contribution in [1.29, 1.82) is 0 Å². The minimum atomic E-state index is -5.72. The molecule has 0 aliphatic carbocycles. The average Bonchev–Trinajstić information content (AvgIpc) is 3.05. The smallest absolute Gasteiger partial charge is 0.456 e. The monoisotopic (exact) mass is 449 g/mol. The number of hydrogen-bond acceptors (Lipinski definition) is 5. The SMILES string of the molecule is CCCSc1nc2c(c(=O)n1-c1ccc(OCC(F)(F)C(F)(F)F)cc1)CC(=O)N2. The third kappa shape index (κ3) is 4.42. The Hall–Kier alpha value is -2.63. The molecule has 1 amide bonds. The predicted molar refractivity (Wildman–Crippen MR) is 99.7 cm³/mol. The lowest BCUT2D eigenvalue weighted by Crippen LogP contribution is -2.41. The number of fused-ring (bicyclic) bond motifs is 1. The van der Waals surface area contributed by atoms with E-state index in [0.717, 1.165) is 6.42 Å². The van der Waals surface area contributed by atoms with Crippen molar-refractivity contribution in [3.63, 3.8) is 0 Å². The van der Waals surface area contributed by atoms with Crippen LogP contribution in [0.2, 0.25) is 0 Å². The first kappa shape index (κ1) is 22.1. The fourth-order valence-corrected chi connectivity index (χ4v) is 3.46. The molecular formula is C18H16F5N3O3S. The van der Waals surface area contributed by atoms with Crippen LogP contribution in [0.15, 0.2) is 34.2 Å². The van der Waals surface area contributed by atoms with E-state index >= 15 is 0 Å². The molecule has 30 heavy (non-hydrogen) atoms. The first-order valence-electron chi connectivity index (χ1n) is 8.80. The number of ether oxygens (including phenoxy) is 1. The standard InChI is InChI=1S/C18H16F5N3O3S/c1-2-7-30-16-25-14-12(8-13(27)24-14)15(28)26(16)10-3-5-11(6-4-10)29-9-17(19,20)18(21,22)23/h3-6H,2,7-9H2,1H3,(H,24,27). The fourth-order valence-electron chi connectivity index (χ4n) is 2.60. The number of anilines is 1. The molecule has 1 aromatic carbocycles. The Morgan fingerprint density at radius 1 is 1.17 bits per heavy atom. The molecule has 162 valence electrons. The van der Waals surface area contributed by atoms with Crippen LogP contribution in [-0.4, -0.2) is 39.9 Å². The molecule has 0 atom stereocenters. The summed E-state index contributed by atoms with van der Waals surface area (Å²) < 4.78 is 68.6. The molecule has 6 nitrogen and oxygen atoms in total. The molecule has 12 heteroatoms. The number of nitrogens with zero attached hydrogens (tertiary/aromatic N) is 2. The van der Waals surface area contributed by atoms with Crippen LogP contribution in [-0.2, 0) is 11.2 Å². The number of halogens is 5. The van der Waals surface area contributed by atoms with Gasteiger partial charge in [0.1, 0.15) is 11.6 Å². The van der Waals surface area contributed by atoms with Gasteiger partial charge >= 0.3 is 12.1 Å². The second kappa shape index (κ2) is 8.25. The van der Waals surface area contributed by atoms with E-state index in [0.29, 0.717) is 16.6 Å². The quantitative estimate of drug-likeness (QED) is 0.396. The van der Waals surface area contributed by atoms with Crippen LogP contribution in [0.3, 0.4) is 0 Å². The van der Waals surface area contributed by atoms with Crippen LogP contribution in [0.4, 0.5) is 27.8 Å². The summed E-state index contributed by atoms with van der Waals surface area (Å²) in [5.74, 6) is -4.71. The first-order chi connectivity index (χ1) is 14.0. The summed E-state index contributed by atoms with van der Waals surface area (Å²) in [6, 6.07) is 5.05. The number of carbonyl (C=O) groups is 1. The van der Waals surface area contributed by atoms with Gasteiger partial charge in [-0.3, -0.25) is 14.2 Å². The van der Waals surface area contributed by atoms with Crippen LogP contribution in [0, 0.1) is 0 Å². The van der Waals surface area contributed by atoms with Gasteiger partial charge in [0.25, 0.3) is 5.56 Å². The van der Waals surface area contributed by atoms with E-state index < -0.39 is 24.3 Å². The molecular weight excluding hydrogens is 433 g/mol. The van der Waals surface area contributed by atoms with Crippen LogP contribution >= 0.6 is 11.8 Å². The molecule has 0 fully saturated rings. The largest absolute Gasteiger partial charge is 0.487 e. The van der Waals surface area contributed by atoms with Crippen molar-refractivity contribution >= 4 is 23.5 Å². The number of benzene rings is 1. The molecule has 1 aromatic heterocycles. The topological polar surface area (TPSA) is 73.2 Å². The third-order valence-electron chi connectivity index (χ3n) is 4.11. The normalized spacial score (nSPS) is 13.9. The van der Waals surface area contributed by atoms with Crippen molar-refractivity contribution in [2.45, 2.75) is 37.0 Å². The number of thioether (sulfide) groups is 1. The number of amides is 1. The van der Waals surface area contributed by atoms with E-state index in [1.807, 2.05) is 6.92 Å². The van der Waals surface area contributed by atoms with Crippen molar-refractivity contribution in [3.05, 3.63) is 40.2 Å². The maximum Gasteiger partial charge on any atom is 0.456 e. The lowest BCUT2D eigenvalue weighted by Gasteiger charge is -2.20. The van der Waals surface area contributed by atoms with Gasteiger partial charge in [0.2, 0.25) is 5.91 Å². The second-order valence-electron chi connectivity index (χ2n) is 6.42. The van der Waals surface area contributed by atoms with Crippen molar-refractivity contribution in [3.8, 4) is 11.4 Å². The van der Waals surface area contributed by atoms with Crippen molar-refractivity contribution in [1.82, 2.24) is 9.55 Å². The number of rotatable bonds is 7. The maximum atomic E-state index is 13.0. The minimum Gasteiger partial charge on any atom is -0.487 e. The molecule has 0 bridgehead atoms. The van der Waals surface area contributed by atoms with E-state index in [-0.39, 0.29) is 29.5 Å². The Bertz CT molecular complexity index is 1010. The summed E-state index contributed by atoms with van der Waals surface area (Å²) in [6.45, 7) is 0.0784. The molecule has 2 aromatic rings. The minimum absolute atomic E-state index is 0.117. The van der Waals surface area contributed by atoms with Gasteiger partial charge in [-0.2, -0.15) is 22.0 Å². The summed E-state index contributed by atoms with van der Waals surface area (Å²) in [5, 5.41) is 2.85. The molecule has 0 saturated heterocycles. The predicted octanol–water partition coefficient (Wildman–Crippen LogP) is 3.81. The van der Waals surface area contributed by atoms with Gasteiger partial charge in [0.15, 0.2) is 11.8 Å². The van der Waals surface area contributed by atoms with E-state index in [1.165, 1.54) is 40.6 Å². The van der Waals surface area contributed by atoms with Gasteiger partial charge in [-0.05, 0) is 30.7 Å². The lowest BCUT2D eigenvalue weighted by atomic mass is 10.2. The van der Waals surface area contributed by atoms with Crippen molar-refractivity contribution in [2.24, 2.45) is 0 Å². The van der Waals surface area contributed by atoms with E-state index in [1.54, 1.807) is 0 Å². The molecule has 2 heterocycles. The zero-order valence-corrected chi connectivity index (χ0v) is 16.4. The maximum absolute atomic E-state index is 13.0.